The SMILES string of the molecule is C=C/C(=C\C=[NH+]CC[n+]1ccc(C(C)=O)cc1)C(C)=O.CBr. The number of alkyl halides is 1. The lowest BCUT2D eigenvalue weighted by Gasteiger charge is -1.94. The second kappa shape index (κ2) is 11.7. The van der Waals surface area contributed by atoms with Crippen molar-refractivity contribution in [2.75, 3.05) is 12.4 Å². The lowest BCUT2D eigenvalue weighted by molar-refractivity contribution is -0.717. The van der Waals surface area contributed by atoms with Gasteiger partial charge in [-0.05, 0) is 19.7 Å². The summed E-state index contributed by atoms with van der Waals surface area (Å²) in [5.41, 5.74) is 1.29. The van der Waals surface area contributed by atoms with Gasteiger partial charge in [-0.1, -0.05) is 28.6 Å². The Kier molecular flexibility index (Phi) is 10.7. The van der Waals surface area contributed by atoms with E-state index in [9.17, 15) is 9.59 Å². The highest BCUT2D eigenvalue weighted by atomic mass is 79.9. The van der Waals surface area contributed by atoms with Gasteiger partial charge in [0.25, 0.3) is 0 Å². The molecule has 0 unspecified atom stereocenters. The van der Waals surface area contributed by atoms with Gasteiger partial charge in [0.1, 0.15) is 0 Å². The number of Topliss-reactive ketones (excluding diaryl/α,β-unsaturated/α-hetero) is 2. The molecule has 0 aliphatic carbocycles. The van der Waals surface area contributed by atoms with Crippen LogP contribution in [0.25, 0.3) is 0 Å². The second-order valence-electron chi connectivity index (χ2n) is 4.38. The van der Waals surface area contributed by atoms with Crippen molar-refractivity contribution in [1.29, 1.82) is 0 Å². The van der Waals surface area contributed by atoms with Crippen molar-refractivity contribution in [3.8, 4) is 0 Å². The number of nitrogens with zero attached hydrogens (tertiary/aromatic N) is 1. The number of nitrogens with one attached hydrogen (secondary N) is 1. The van der Waals surface area contributed by atoms with E-state index in [1.165, 1.54) is 13.0 Å². The first-order valence-electron chi connectivity index (χ1n) is 6.82. The number of rotatable bonds is 7. The number of pyridine rings is 1. The van der Waals surface area contributed by atoms with Gasteiger partial charge >= 0.3 is 0 Å². The van der Waals surface area contributed by atoms with Crippen LogP contribution in [-0.4, -0.2) is 30.2 Å². The summed E-state index contributed by atoms with van der Waals surface area (Å²) in [6, 6.07) is 3.61. The van der Waals surface area contributed by atoms with Crippen LogP contribution in [0.1, 0.15) is 24.2 Å². The molecular weight excluding hydrogens is 344 g/mol. The molecule has 0 spiro atoms. The van der Waals surface area contributed by atoms with E-state index in [1.54, 1.807) is 31.3 Å². The molecule has 0 saturated heterocycles. The number of carbonyl (C=O) groups is 2. The van der Waals surface area contributed by atoms with Crippen molar-refractivity contribution in [2.45, 2.75) is 20.4 Å². The minimum absolute atomic E-state index is 0.00718. The van der Waals surface area contributed by atoms with Crippen LogP contribution in [0.2, 0.25) is 0 Å². The number of carbonyl (C=O) groups excluding carboxylic acids is 2. The monoisotopic (exact) mass is 366 g/mol. The third kappa shape index (κ3) is 7.78. The van der Waals surface area contributed by atoms with E-state index >= 15 is 0 Å². The molecule has 0 atom stereocenters. The molecule has 22 heavy (non-hydrogen) atoms. The lowest BCUT2D eigenvalue weighted by Crippen LogP contribution is -2.71. The Morgan fingerprint density at radius 3 is 2.32 bits per heavy atom. The zero-order valence-corrected chi connectivity index (χ0v) is 14.9. The number of hydrogen-bond donors (Lipinski definition) is 1. The van der Waals surface area contributed by atoms with Gasteiger partial charge in [0.05, 0.1) is 0 Å². The summed E-state index contributed by atoms with van der Waals surface area (Å²) >= 11 is 2.94. The fourth-order valence-electron chi connectivity index (χ4n) is 1.60. The normalized spacial score (nSPS) is 10.8. The van der Waals surface area contributed by atoms with Crippen LogP contribution >= 0.6 is 15.9 Å². The summed E-state index contributed by atoms with van der Waals surface area (Å²) in [7, 11) is 0. The average Bonchev–Trinajstić information content (AvgIpc) is 2.53. The fraction of sp³-hybridized carbons (Fsp3) is 0.294. The van der Waals surface area contributed by atoms with E-state index < -0.39 is 0 Å². The molecule has 0 aromatic carbocycles. The van der Waals surface area contributed by atoms with E-state index in [-0.39, 0.29) is 11.6 Å². The zero-order chi connectivity index (χ0) is 17.0. The highest BCUT2D eigenvalue weighted by molar-refractivity contribution is 9.08. The molecule has 1 aromatic heterocycles. The summed E-state index contributed by atoms with van der Waals surface area (Å²) in [5, 5.41) is 0. The van der Waals surface area contributed by atoms with E-state index in [1.807, 2.05) is 22.8 Å². The number of hydrogen-bond acceptors (Lipinski definition) is 2. The minimum atomic E-state index is -0.00718. The molecule has 0 fully saturated rings. The van der Waals surface area contributed by atoms with Gasteiger partial charge in [0.15, 0.2) is 36.7 Å². The van der Waals surface area contributed by atoms with E-state index in [0.29, 0.717) is 11.1 Å². The third-order valence-corrected chi connectivity index (χ3v) is 2.82. The first kappa shape index (κ1) is 20.1. The first-order chi connectivity index (χ1) is 10.5. The van der Waals surface area contributed by atoms with Crippen LogP contribution in [0, 0.1) is 0 Å². The molecule has 5 heteroatoms. The zero-order valence-electron chi connectivity index (χ0n) is 13.3. The third-order valence-electron chi connectivity index (χ3n) is 2.82. The van der Waals surface area contributed by atoms with E-state index in [0.717, 1.165) is 13.1 Å². The maximum absolute atomic E-state index is 11.1. The first-order valence-corrected chi connectivity index (χ1v) is 8.41. The molecule has 4 nitrogen and oxygen atoms in total. The van der Waals surface area contributed by atoms with Gasteiger partial charge in [0.2, 0.25) is 6.54 Å². The average molecular weight is 367 g/mol. The van der Waals surface area contributed by atoms with E-state index in [2.05, 4.69) is 27.5 Å². The van der Waals surface area contributed by atoms with Crippen LogP contribution in [-0.2, 0) is 11.3 Å². The molecular formula is C17H23BrN2O2+2. The molecule has 118 valence electrons. The number of aromatic nitrogens is 1. The van der Waals surface area contributed by atoms with E-state index in [4.69, 9.17) is 0 Å². The van der Waals surface area contributed by atoms with Gasteiger partial charge < -0.3 is 0 Å². The minimum Gasteiger partial charge on any atom is -0.295 e. The molecule has 1 aromatic rings. The lowest BCUT2D eigenvalue weighted by atomic mass is 10.2. The molecule has 0 amide bonds. The van der Waals surface area contributed by atoms with Gasteiger partial charge in [-0.3, -0.25) is 9.59 Å². The summed E-state index contributed by atoms with van der Waals surface area (Å²) in [5.74, 6) is 1.87. The number of halogens is 1. The predicted molar refractivity (Wildman–Crippen MR) is 92.3 cm³/mol. The Hall–Kier alpha value is -1.88. The van der Waals surface area contributed by atoms with Gasteiger partial charge in [0, 0.05) is 29.3 Å². The summed E-state index contributed by atoms with van der Waals surface area (Å²) in [6.45, 7) is 8.14. The van der Waals surface area contributed by atoms with Crippen LogP contribution in [0.15, 0.2) is 48.8 Å². The van der Waals surface area contributed by atoms with Crippen molar-refractivity contribution >= 4 is 33.7 Å². The predicted octanol–water partition coefficient (Wildman–Crippen LogP) is 1.04. The van der Waals surface area contributed by atoms with Crippen LogP contribution in [0.5, 0.6) is 0 Å². The van der Waals surface area contributed by atoms with Crippen molar-refractivity contribution < 1.29 is 19.1 Å². The molecule has 0 aliphatic heterocycles. The Labute approximate surface area is 140 Å². The van der Waals surface area contributed by atoms with Crippen molar-refractivity contribution in [1.82, 2.24) is 0 Å². The van der Waals surface area contributed by atoms with Crippen molar-refractivity contribution in [2.24, 2.45) is 0 Å². The van der Waals surface area contributed by atoms with Crippen molar-refractivity contribution in [3.05, 3.63) is 54.4 Å². The molecule has 0 bridgehead atoms. The Bertz CT molecular complexity index is 561. The molecule has 0 aliphatic rings. The largest absolute Gasteiger partial charge is 0.295 e. The van der Waals surface area contributed by atoms with Gasteiger partial charge in [-0.25, -0.2) is 4.99 Å². The standard InChI is InChI=1S/C16H19N2O2.CH3Br/c1-4-15(13(2)19)5-8-17-9-12-18-10-6-16(7-11-18)14(3)20;1-2/h4-8,10-11H,1,9,12H2,2-3H3;1H3/q+1;/p+1/b15-5+,17-8?;. The Morgan fingerprint density at radius 2 is 1.86 bits per heavy atom. The topological polar surface area (TPSA) is 52.0 Å². The Morgan fingerprint density at radius 1 is 1.27 bits per heavy atom. The molecule has 0 saturated carbocycles. The van der Waals surface area contributed by atoms with Crippen LogP contribution in [0.4, 0.5) is 0 Å². The highest BCUT2D eigenvalue weighted by Crippen LogP contribution is 1.95. The molecule has 0 radical (unpaired) electrons. The molecule has 1 N–H and O–H groups in total. The smallest absolute Gasteiger partial charge is 0.206 e. The molecule has 1 rings (SSSR count). The van der Waals surface area contributed by atoms with Crippen LogP contribution < -0.4 is 9.56 Å². The fourth-order valence-corrected chi connectivity index (χ4v) is 1.60. The maximum Gasteiger partial charge on any atom is 0.206 e. The molecule has 1 heterocycles. The number of ketones is 2. The summed E-state index contributed by atoms with van der Waals surface area (Å²) in [4.78, 5) is 25.4. The second-order valence-corrected chi connectivity index (χ2v) is 4.38. The van der Waals surface area contributed by atoms with Gasteiger partial charge in [-0.2, -0.15) is 4.57 Å². The van der Waals surface area contributed by atoms with Crippen LogP contribution in [0.3, 0.4) is 0 Å². The maximum atomic E-state index is 11.1. The van der Waals surface area contributed by atoms with Crippen molar-refractivity contribution in [3.63, 3.8) is 0 Å². The number of allylic oxidation sites excluding steroid dienone is 3. The highest BCUT2D eigenvalue weighted by Gasteiger charge is 2.04. The van der Waals surface area contributed by atoms with Gasteiger partial charge in [-0.15, -0.1) is 0 Å². The summed E-state index contributed by atoms with van der Waals surface area (Å²) in [6.07, 6.45) is 8.73. The summed E-state index contributed by atoms with van der Waals surface area (Å²) < 4.78 is 1.98. The quantitative estimate of drug-likeness (QED) is 0.196. The Balaban J connectivity index is 0.00000211.